The highest BCUT2D eigenvalue weighted by molar-refractivity contribution is 5.78. The molecule has 2 fully saturated rings. The standard InChI is InChI=1S/C20H30N2O3/c1-15-5-6-16(2)19(12-15)25-14-18(23)13-21-10-7-17(8-11-21)22-9-3-4-20(22)24/h5-6,12,17-18,23H,3-4,7-11,13-14H2,1-2H3. The van der Waals surface area contributed by atoms with Gasteiger partial charge in [0.1, 0.15) is 18.5 Å². The molecular weight excluding hydrogens is 316 g/mol. The second kappa shape index (κ2) is 8.19. The number of nitrogens with zero attached hydrogens (tertiary/aromatic N) is 2. The van der Waals surface area contributed by atoms with Crippen LogP contribution in [0.5, 0.6) is 5.75 Å². The van der Waals surface area contributed by atoms with Crippen molar-refractivity contribution in [1.82, 2.24) is 9.80 Å². The number of aliphatic hydroxyl groups is 1. The van der Waals surface area contributed by atoms with Crippen LogP contribution in [0.4, 0.5) is 0 Å². The van der Waals surface area contributed by atoms with Crippen molar-refractivity contribution in [2.75, 3.05) is 32.8 Å². The minimum atomic E-state index is -0.495. The van der Waals surface area contributed by atoms with Crippen molar-refractivity contribution >= 4 is 5.91 Å². The fraction of sp³-hybridized carbons (Fsp3) is 0.650. The van der Waals surface area contributed by atoms with Gasteiger partial charge in [-0.25, -0.2) is 0 Å². The van der Waals surface area contributed by atoms with Gasteiger partial charge in [0.25, 0.3) is 0 Å². The van der Waals surface area contributed by atoms with Crippen molar-refractivity contribution in [3.63, 3.8) is 0 Å². The van der Waals surface area contributed by atoms with Crippen molar-refractivity contribution in [1.29, 1.82) is 0 Å². The number of hydrogen-bond acceptors (Lipinski definition) is 4. The summed E-state index contributed by atoms with van der Waals surface area (Å²) in [4.78, 5) is 16.2. The highest BCUT2D eigenvalue weighted by Crippen LogP contribution is 2.22. The van der Waals surface area contributed by atoms with Gasteiger partial charge >= 0.3 is 0 Å². The minimum Gasteiger partial charge on any atom is -0.491 e. The van der Waals surface area contributed by atoms with Crippen LogP contribution in [0.2, 0.25) is 0 Å². The van der Waals surface area contributed by atoms with E-state index in [1.807, 2.05) is 26.0 Å². The van der Waals surface area contributed by atoms with Crippen LogP contribution >= 0.6 is 0 Å². The first-order chi connectivity index (χ1) is 12.0. The van der Waals surface area contributed by atoms with Crippen LogP contribution in [0.25, 0.3) is 0 Å². The predicted molar refractivity (Wildman–Crippen MR) is 97.8 cm³/mol. The summed E-state index contributed by atoms with van der Waals surface area (Å²) in [6, 6.07) is 6.52. The third-order valence-electron chi connectivity index (χ3n) is 5.35. The molecule has 0 saturated carbocycles. The fourth-order valence-electron chi connectivity index (χ4n) is 3.87. The largest absolute Gasteiger partial charge is 0.491 e. The van der Waals surface area contributed by atoms with Crippen molar-refractivity contribution in [3.05, 3.63) is 29.3 Å². The molecule has 2 aliphatic rings. The molecule has 25 heavy (non-hydrogen) atoms. The molecule has 2 saturated heterocycles. The SMILES string of the molecule is Cc1ccc(C)c(OCC(O)CN2CCC(N3CCCC3=O)CC2)c1. The van der Waals surface area contributed by atoms with Gasteiger partial charge in [-0.15, -0.1) is 0 Å². The lowest BCUT2D eigenvalue weighted by Gasteiger charge is -2.37. The summed E-state index contributed by atoms with van der Waals surface area (Å²) in [6.45, 7) is 7.81. The number of likely N-dealkylation sites (tertiary alicyclic amines) is 2. The molecule has 0 aliphatic carbocycles. The summed E-state index contributed by atoms with van der Waals surface area (Å²) in [5.41, 5.74) is 2.25. The van der Waals surface area contributed by atoms with Gasteiger partial charge < -0.3 is 19.6 Å². The Balaban J connectivity index is 1.41. The normalized spacial score (nSPS) is 20.9. The smallest absolute Gasteiger partial charge is 0.222 e. The number of hydrogen-bond donors (Lipinski definition) is 1. The van der Waals surface area contributed by atoms with Crippen LogP contribution in [0, 0.1) is 13.8 Å². The van der Waals surface area contributed by atoms with E-state index in [1.54, 1.807) is 0 Å². The molecule has 0 bridgehead atoms. The molecular formula is C20H30N2O3. The van der Waals surface area contributed by atoms with E-state index in [4.69, 9.17) is 4.74 Å². The van der Waals surface area contributed by atoms with Gasteiger partial charge in [-0.2, -0.15) is 0 Å². The molecule has 1 aromatic carbocycles. The van der Waals surface area contributed by atoms with Crippen LogP contribution in [0.1, 0.15) is 36.8 Å². The number of aryl methyl sites for hydroxylation is 2. The van der Waals surface area contributed by atoms with E-state index in [9.17, 15) is 9.90 Å². The molecule has 3 rings (SSSR count). The first-order valence-electron chi connectivity index (χ1n) is 9.43. The maximum atomic E-state index is 11.9. The van der Waals surface area contributed by atoms with E-state index >= 15 is 0 Å². The summed E-state index contributed by atoms with van der Waals surface area (Å²) in [7, 11) is 0. The van der Waals surface area contributed by atoms with Crippen LogP contribution in [0.3, 0.4) is 0 Å². The molecule has 5 heteroatoms. The molecule has 138 valence electrons. The Morgan fingerprint density at radius 2 is 2.00 bits per heavy atom. The molecule has 1 unspecified atom stereocenters. The molecule has 1 N–H and O–H groups in total. The number of β-amino-alcohol motifs (C(OH)–C–C–N with tert-alkyl or cyclic N) is 1. The van der Waals surface area contributed by atoms with Crippen molar-refractivity contribution in [2.24, 2.45) is 0 Å². The van der Waals surface area contributed by atoms with E-state index in [2.05, 4.69) is 15.9 Å². The van der Waals surface area contributed by atoms with E-state index in [0.29, 0.717) is 31.5 Å². The molecule has 2 heterocycles. The average molecular weight is 346 g/mol. The Labute approximate surface area is 150 Å². The second-order valence-corrected chi connectivity index (χ2v) is 7.46. The summed E-state index contributed by atoms with van der Waals surface area (Å²) >= 11 is 0. The van der Waals surface area contributed by atoms with Gasteiger partial charge in [-0.3, -0.25) is 4.79 Å². The van der Waals surface area contributed by atoms with E-state index in [1.165, 1.54) is 0 Å². The Bertz CT molecular complexity index is 597. The molecule has 0 spiro atoms. The first-order valence-corrected chi connectivity index (χ1v) is 9.43. The Morgan fingerprint density at radius 1 is 1.24 bits per heavy atom. The molecule has 1 atom stereocenters. The zero-order valence-corrected chi connectivity index (χ0v) is 15.4. The minimum absolute atomic E-state index is 0.314. The van der Waals surface area contributed by atoms with Crippen molar-refractivity contribution in [2.45, 2.75) is 51.7 Å². The molecule has 1 aromatic rings. The van der Waals surface area contributed by atoms with Gasteiger partial charge in [0, 0.05) is 38.6 Å². The molecule has 5 nitrogen and oxygen atoms in total. The maximum Gasteiger partial charge on any atom is 0.222 e. The lowest BCUT2D eigenvalue weighted by atomic mass is 10.0. The molecule has 0 radical (unpaired) electrons. The lowest BCUT2D eigenvalue weighted by molar-refractivity contribution is -0.130. The highest BCUT2D eigenvalue weighted by atomic mass is 16.5. The number of amides is 1. The van der Waals surface area contributed by atoms with Gasteiger partial charge in [0.2, 0.25) is 5.91 Å². The van der Waals surface area contributed by atoms with Crippen LogP contribution in [0.15, 0.2) is 18.2 Å². The van der Waals surface area contributed by atoms with Crippen molar-refractivity contribution in [3.8, 4) is 5.75 Å². The third-order valence-corrected chi connectivity index (χ3v) is 5.35. The second-order valence-electron chi connectivity index (χ2n) is 7.46. The molecule has 2 aliphatic heterocycles. The quantitative estimate of drug-likeness (QED) is 0.857. The number of rotatable bonds is 6. The first kappa shape index (κ1) is 18.2. The van der Waals surface area contributed by atoms with E-state index in [0.717, 1.165) is 55.8 Å². The zero-order chi connectivity index (χ0) is 17.8. The van der Waals surface area contributed by atoms with Gasteiger partial charge in [0.05, 0.1) is 0 Å². The predicted octanol–water partition coefficient (Wildman–Crippen LogP) is 2.13. The van der Waals surface area contributed by atoms with Crippen LogP contribution in [-0.4, -0.2) is 65.7 Å². The summed E-state index contributed by atoms with van der Waals surface area (Å²) in [6.07, 6.45) is 3.25. The van der Waals surface area contributed by atoms with Crippen LogP contribution in [-0.2, 0) is 4.79 Å². The number of ether oxygens (including phenoxy) is 1. The van der Waals surface area contributed by atoms with Gasteiger partial charge in [-0.1, -0.05) is 12.1 Å². The number of carbonyl (C=O) groups is 1. The Kier molecular flexibility index (Phi) is 5.97. The zero-order valence-electron chi connectivity index (χ0n) is 15.4. The number of aliphatic hydroxyl groups excluding tert-OH is 1. The highest BCUT2D eigenvalue weighted by Gasteiger charge is 2.31. The number of piperidine rings is 1. The monoisotopic (exact) mass is 346 g/mol. The maximum absolute atomic E-state index is 11.9. The van der Waals surface area contributed by atoms with Crippen LogP contribution < -0.4 is 4.74 Å². The number of carbonyl (C=O) groups excluding carboxylic acids is 1. The Morgan fingerprint density at radius 3 is 2.68 bits per heavy atom. The van der Waals surface area contributed by atoms with E-state index in [-0.39, 0.29) is 0 Å². The molecule has 1 amide bonds. The summed E-state index contributed by atoms with van der Waals surface area (Å²) in [5, 5.41) is 10.3. The number of benzene rings is 1. The van der Waals surface area contributed by atoms with Gasteiger partial charge in [-0.05, 0) is 50.3 Å². The van der Waals surface area contributed by atoms with Gasteiger partial charge in [0.15, 0.2) is 0 Å². The average Bonchev–Trinajstić information content (AvgIpc) is 3.02. The fourth-order valence-corrected chi connectivity index (χ4v) is 3.87. The topological polar surface area (TPSA) is 53.0 Å². The third kappa shape index (κ3) is 4.73. The Hall–Kier alpha value is -1.59. The van der Waals surface area contributed by atoms with E-state index < -0.39 is 6.10 Å². The summed E-state index contributed by atoms with van der Waals surface area (Å²) in [5.74, 6) is 1.17. The summed E-state index contributed by atoms with van der Waals surface area (Å²) < 4.78 is 5.81. The molecule has 0 aromatic heterocycles. The van der Waals surface area contributed by atoms with Crippen molar-refractivity contribution < 1.29 is 14.6 Å². The lowest BCUT2D eigenvalue weighted by Crippen LogP contribution is -2.47.